The van der Waals surface area contributed by atoms with Crippen LogP contribution in [0.2, 0.25) is 0 Å². The van der Waals surface area contributed by atoms with Crippen LogP contribution in [0.25, 0.3) is 78.5 Å². The molecule has 1 aliphatic carbocycles. The number of hydrogen-bond acceptors (Lipinski definition) is 7. The van der Waals surface area contributed by atoms with E-state index in [9.17, 15) is 0 Å². The number of pyridine rings is 2. The van der Waals surface area contributed by atoms with Gasteiger partial charge in [0.1, 0.15) is 11.0 Å². The lowest BCUT2D eigenvalue weighted by atomic mass is 9.64. The molecule has 5 heterocycles. The van der Waals surface area contributed by atoms with E-state index in [4.69, 9.17) is 18.8 Å². The largest absolute Gasteiger partial charge is 0.436 e. The normalized spacial score (nSPS) is 13.3. The van der Waals surface area contributed by atoms with Gasteiger partial charge in [-0.25, -0.2) is 9.97 Å². The van der Waals surface area contributed by atoms with Crippen molar-refractivity contribution in [3.05, 3.63) is 223 Å². The number of rotatable bonds is 5. The van der Waals surface area contributed by atoms with Crippen molar-refractivity contribution >= 4 is 39.3 Å². The maximum Gasteiger partial charge on any atom is 0.227 e. The molecule has 0 radical (unpaired) electrons. The molecular formula is C55H33N5O2. The van der Waals surface area contributed by atoms with Gasteiger partial charge in [-0.2, -0.15) is 0 Å². The minimum Gasteiger partial charge on any atom is -0.436 e. The first-order valence-corrected chi connectivity index (χ1v) is 20.7. The molecule has 0 amide bonds. The molecule has 0 bridgehead atoms. The highest BCUT2D eigenvalue weighted by Gasteiger charge is 2.51. The highest BCUT2D eigenvalue weighted by molar-refractivity contribution is 5.96. The molecule has 2 aliphatic rings. The molecule has 11 aromatic rings. The van der Waals surface area contributed by atoms with Crippen LogP contribution in [-0.4, -0.2) is 19.9 Å². The molecule has 0 saturated heterocycles. The Morgan fingerprint density at radius 2 is 0.887 bits per heavy atom. The minimum absolute atomic E-state index is 0.497. The van der Waals surface area contributed by atoms with Crippen LogP contribution in [0.5, 0.6) is 0 Å². The van der Waals surface area contributed by atoms with Gasteiger partial charge in [0.25, 0.3) is 0 Å². The van der Waals surface area contributed by atoms with Gasteiger partial charge in [-0.15, -0.1) is 0 Å². The second kappa shape index (κ2) is 13.3. The average molecular weight is 796 g/mol. The maximum atomic E-state index is 6.24. The van der Waals surface area contributed by atoms with E-state index in [-0.39, 0.29) is 0 Å². The first-order chi connectivity index (χ1) is 30.7. The molecule has 13 rings (SSSR count). The third kappa shape index (κ3) is 5.05. The number of para-hydroxylation sites is 3. The monoisotopic (exact) mass is 795 g/mol. The van der Waals surface area contributed by atoms with E-state index in [1.807, 2.05) is 18.2 Å². The number of benzene rings is 7. The lowest BCUT2D eigenvalue weighted by Crippen LogP contribution is -2.36. The van der Waals surface area contributed by atoms with Gasteiger partial charge >= 0.3 is 0 Å². The summed E-state index contributed by atoms with van der Waals surface area (Å²) in [7, 11) is 0. The molecule has 0 saturated carbocycles. The summed E-state index contributed by atoms with van der Waals surface area (Å²) in [5.74, 6) is 0.993. The number of nitrogens with zero attached hydrogens (tertiary/aromatic N) is 5. The summed E-state index contributed by atoms with van der Waals surface area (Å²) in [6.07, 6.45) is 6.84. The summed E-state index contributed by atoms with van der Waals surface area (Å²) >= 11 is 0. The molecule has 0 N–H and O–H groups in total. The van der Waals surface area contributed by atoms with Crippen LogP contribution in [0, 0.1) is 0 Å². The van der Waals surface area contributed by atoms with Crippen molar-refractivity contribution in [2.24, 2.45) is 0 Å². The van der Waals surface area contributed by atoms with Crippen LogP contribution in [0.3, 0.4) is 0 Å². The Kier molecular flexibility index (Phi) is 7.39. The first-order valence-electron chi connectivity index (χ1n) is 20.7. The smallest absolute Gasteiger partial charge is 0.227 e. The summed E-state index contributed by atoms with van der Waals surface area (Å²) in [6.45, 7) is 0. The quantitative estimate of drug-likeness (QED) is 0.172. The number of aromatic nitrogens is 4. The van der Waals surface area contributed by atoms with Crippen LogP contribution in [0.15, 0.2) is 210 Å². The van der Waals surface area contributed by atoms with Gasteiger partial charge in [0.15, 0.2) is 11.2 Å². The number of hydrogen-bond donors (Lipinski definition) is 0. The van der Waals surface area contributed by atoms with Crippen molar-refractivity contribution < 1.29 is 8.83 Å². The molecule has 7 heteroatoms. The molecule has 1 aliphatic heterocycles. The fraction of sp³-hybridized carbons (Fsp3) is 0.0182. The van der Waals surface area contributed by atoms with Crippen molar-refractivity contribution in [1.29, 1.82) is 0 Å². The standard InChI is InChI=1S/C55H33N5O2/c1-2-10-40(11-3-1)60-49-16-8-6-14-44(49)55(45-15-7-9-17-50(45)60)43-13-5-4-12-41(43)42-23-22-36(31-46(42)55)34-18-20-35(21-19-34)37-28-38(53-58-47-32-56-26-24-51(47)61-53)30-39(29-37)54-59-48-33-57-27-25-52(48)62-54/h1-33H. The predicted octanol–water partition coefficient (Wildman–Crippen LogP) is 13.6. The second-order valence-corrected chi connectivity index (χ2v) is 15.9. The molecule has 0 atom stereocenters. The van der Waals surface area contributed by atoms with E-state index in [0.29, 0.717) is 34.0 Å². The number of oxazole rings is 2. The van der Waals surface area contributed by atoms with Crippen molar-refractivity contribution in [2.75, 3.05) is 4.90 Å². The van der Waals surface area contributed by atoms with E-state index in [0.717, 1.165) is 39.1 Å². The highest BCUT2D eigenvalue weighted by Crippen LogP contribution is 2.63. The van der Waals surface area contributed by atoms with Crippen molar-refractivity contribution in [3.63, 3.8) is 0 Å². The SMILES string of the molecule is c1ccc(N2c3ccccc3C3(c4ccccc4-c4ccc(-c5ccc(-c6cc(-c7nc8cnccc8o7)cc(-c7nc8cnccc8o7)c6)cc5)cc43)c3ccccc32)cc1. The van der Waals surface area contributed by atoms with E-state index < -0.39 is 5.41 Å². The Hall–Kier alpha value is -8.42. The third-order valence-corrected chi connectivity index (χ3v) is 12.5. The Balaban J connectivity index is 0.952. The maximum absolute atomic E-state index is 6.24. The summed E-state index contributed by atoms with van der Waals surface area (Å²) in [4.78, 5) is 20.5. The first kappa shape index (κ1) is 34.4. The lowest BCUT2D eigenvalue weighted by Gasteiger charge is -2.45. The zero-order valence-electron chi connectivity index (χ0n) is 33.1. The second-order valence-electron chi connectivity index (χ2n) is 15.9. The van der Waals surface area contributed by atoms with E-state index >= 15 is 0 Å². The van der Waals surface area contributed by atoms with Gasteiger partial charge in [0.2, 0.25) is 11.8 Å². The van der Waals surface area contributed by atoms with Crippen LogP contribution < -0.4 is 4.90 Å². The van der Waals surface area contributed by atoms with Gasteiger partial charge in [-0.1, -0.05) is 115 Å². The van der Waals surface area contributed by atoms with Gasteiger partial charge in [-0.05, 0) is 104 Å². The van der Waals surface area contributed by atoms with Crippen molar-refractivity contribution in [3.8, 4) is 56.3 Å². The summed E-state index contributed by atoms with van der Waals surface area (Å²) < 4.78 is 12.5. The topological polar surface area (TPSA) is 81.1 Å². The summed E-state index contributed by atoms with van der Waals surface area (Å²) in [5.41, 5.74) is 19.2. The Morgan fingerprint density at radius 1 is 0.387 bits per heavy atom. The van der Waals surface area contributed by atoms with Crippen LogP contribution in [0.4, 0.5) is 17.1 Å². The molecule has 1 spiro atoms. The molecule has 7 aromatic carbocycles. The molecule has 7 nitrogen and oxygen atoms in total. The molecule has 4 aromatic heterocycles. The fourth-order valence-electron chi connectivity index (χ4n) is 9.84. The zero-order chi connectivity index (χ0) is 40.8. The molecule has 0 fully saturated rings. The van der Waals surface area contributed by atoms with Crippen LogP contribution in [0.1, 0.15) is 22.3 Å². The average Bonchev–Trinajstić information content (AvgIpc) is 4.06. The summed E-state index contributed by atoms with van der Waals surface area (Å²) in [6, 6.07) is 63.2. The van der Waals surface area contributed by atoms with Crippen LogP contribution in [-0.2, 0) is 5.41 Å². The van der Waals surface area contributed by atoms with Crippen LogP contribution >= 0.6 is 0 Å². The van der Waals surface area contributed by atoms with E-state index in [2.05, 4.69) is 173 Å². The fourth-order valence-corrected chi connectivity index (χ4v) is 9.84. The third-order valence-electron chi connectivity index (χ3n) is 12.5. The molecule has 290 valence electrons. The van der Waals surface area contributed by atoms with Crippen molar-refractivity contribution in [1.82, 2.24) is 19.9 Å². The number of anilines is 3. The number of fused-ring (bicyclic) bond motifs is 11. The van der Waals surface area contributed by atoms with E-state index in [1.54, 1.807) is 24.8 Å². The highest BCUT2D eigenvalue weighted by atomic mass is 16.4. The van der Waals surface area contributed by atoms with Gasteiger partial charge in [0.05, 0.1) is 29.2 Å². The Labute approximate surface area is 356 Å². The van der Waals surface area contributed by atoms with Crippen molar-refractivity contribution in [2.45, 2.75) is 5.41 Å². The summed E-state index contributed by atoms with van der Waals surface area (Å²) in [5, 5.41) is 0. The van der Waals surface area contributed by atoms with Gasteiger partial charge < -0.3 is 13.7 Å². The van der Waals surface area contributed by atoms with E-state index in [1.165, 1.54) is 44.8 Å². The Morgan fingerprint density at radius 3 is 1.50 bits per heavy atom. The lowest BCUT2D eigenvalue weighted by molar-refractivity contribution is 0.617. The molecule has 0 unspecified atom stereocenters. The predicted molar refractivity (Wildman–Crippen MR) is 244 cm³/mol. The molecular weight excluding hydrogens is 763 g/mol. The molecule has 62 heavy (non-hydrogen) atoms. The minimum atomic E-state index is -0.529. The Bertz CT molecular complexity index is 3350. The zero-order valence-corrected chi connectivity index (χ0v) is 33.1. The van der Waals surface area contributed by atoms with Gasteiger partial charge in [0, 0.05) is 41.3 Å². The van der Waals surface area contributed by atoms with Gasteiger partial charge in [-0.3, -0.25) is 9.97 Å².